The van der Waals surface area contributed by atoms with E-state index in [4.69, 9.17) is 0 Å². The van der Waals surface area contributed by atoms with E-state index < -0.39 is 22.6 Å². The van der Waals surface area contributed by atoms with Crippen LogP contribution in [-0.2, 0) is 0 Å². The Kier molecular flexibility index (Phi) is 7.29. The van der Waals surface area contributed by atoms with Crippen molar-refractivity contribution in [2.24, 2.45) is 0 Å². The van der Waals surface area contributed by atoms with Gasteiger partial charge in [-0.1, -0.05) is 0 Å². The Balaban J connectivity index is 1.62. The summed E-state index contributed by atoms with van der Waals surface area (Å²) in [6, 6.07) is 20.6. The van der Waals surface area contributed by atoms with Crippen molar-refractivity contribution in [3.05, 3.63) is 118 Å². The number of carbonyl (C=O) groups is 3. The number of nitrogens with zero attached hydrogens (tertiary/aromatic N) is 1. The molecule has 4 aromatic carbocycles. The van der Waals surface area contributed by atoms with Crippen molar-refractivity contribution in [3.63, 3.8) is 0 Å². The van der Waals surface area contributed by atoms with Crippen LogP contribution in [0.15, 0.2) is 91.0 Å². The van der Waals surface area contributed by atoms with Gasteiger partial charge in [-0.2, -0.15) is 0 Å². The molecule has 5 N–H and O–H groups in total. The number of hydrogen-bond acceptors (Lipinski definition) is 7. The van der Waals surface area contributed by atoms with E-state index in [2.05, 4.69) is 16.0 Å². The molecule has 0 aliphatic rings. The SMILES string of the molecule is O=C(Nc1cc(C(=O)Nc2ccc(O)cc2)cc(C(=O)Nc2ccc(O)cc2)c1)c1ccc([N+](=O)[O-])cc1. The Hall–Kier alpha value is -5.71. The average Bonchev–Trinajstić information content (AvgIpc) is 2.91. The normalized spacial score (nSPS) is 10.3. The molecule has 0 saturated carbocycles. The topological polar surface area (TPSA) is 171 Å². The van der Waals surface area contributed by atoms with E-state index in [0.29, 0.717) is 11.4 Å². The van der Waals surface area contributed by atoms with Gasteiger partial charge in [-0.05, 0) is 78.9 Å². The number of nitrogens with one attached hydrogen (secondary N) is 3. The smallest absolute Gasteiger partial charge is 0.269 e. The second-order valence-electron chi connectivity index (χ2n) is 8.06. The zero-order valence-electron chi connectivity index (χ0n) is 19.5. The number of anilines is 3. The predicted octanol–water partition coefficient (Wildman–Crippen LogP) is 4.76. The number of rotatable bonds is 7. The fourth-order valence-electron chi connectivity index (χ4n) is 3.40. The number of non-ortho nitro benzene ring substituents is 1. The molecule has 11 nitrogen and oxygen atoms in total. The molecule has 0 aromatic heterocycles. The lowest BCUT2D eigenvalue weighted by molar-refractivity contribution is -0.384. The molecule has 0 atom stereocenters. The third-order valence-electron chi connectivity index (χ3n) is 5.31. The van der Waals surface area contributed by atoms with E-state index in [1.807, 2.05) is 0 Å². The molecule has 190 valence electrons. The first-order valence-electron chi connectivity index (χ1n) is 11.1. The molecule has 0 radical (unpaired) electrons. The molecule has 0 saturated heterocycles. The first-order chi connectivity index (χ1) is 18.2. The highest BCUT2D eigenvalue weighted by Gasteiger charge is 2.16. The lowest BCUT2D eigenvalue weighted by Crippen LogP contribution is -2.18. The number of hydrogen-bond donors (Lipinski definition) is 5. The third-order valence-corrected chi connectivity index (χ3v) is 5.31. The molecular formula is C27H20N4O7. The van der Waals surface area contributed by atoms with Gasteiger partial charge in [0.05, 0.1) is 4.92 Å². The summed E-state index contributed by atoms with van der Waals surface area (Å²) >= 11 is 0. The maximum atomic E-state index is 13.0. The molecular weight excluding hydrogens is 492 g/mol. The van der Waals surface area contributed by atoms with Gasteiger partial charge < -0.3 is 26.2 Å². The summed E-state index contributed by atoms with van der Waals surface area (Å²) in [4.78, 5) is 49.0. The van der Waals surface area contributed by atoms with Crippen molar-refractivity contribution in [1.29, 1.82) is 0 Å². The Labute approximate surface area is 215 Å². The molecule has 4 rings (SSSR count). The van der Waals surface area contributed by atoms with Crippen LogP contribution < -0.4 is 16.0 Å². The number of amides is 3. The van der Waals surface area contributed by atoms with Gasteiger partial charge in [0, 0.05) is 45.9 Å². The molecule has 0 fully saturated rings. The second kappa shape index (κ2) is 10.9. The van der Waals surface area contributed by atoms with E-state index >= 15 is 0 Å². The van der Waals surface area contributed by atoms with Gasteiger partial charge in [-0.3, -0.25) is 24.5 Å². The standard InChI is InChI=1S/C27H20N4O7/c32-23-9-3-19(4-10-23)28-26(35)17-13-18(27(36)29-20-5-11-24(33)12-6-20)15-21(14-17)30-25(34)16-1-7-22(8-2-16)31(37)38/h1-15,32-33H,(H,28,35)(H,29,36)(H,30,34). The predicted molar refractivity (Wildman–Crippen MR) is 140 cm³/mol. The van der Waals surface area contributed by atoms with Crippen molar-refractivity contribution >= 4 is 40.5 Å². The monoisotopic (exact) mass is 512 g/mol. The van der Waals surface area contributed by atoms with Crippen LogP contribution in [0.2, 0.25) is 0 Å². The Morgan fingerprint density at radius 2 is 0.947 bits per heavy atom. The first kappa shape index (κ1) is 25.4. The lowest BCUT2D eigenvalue weighted by Gasteiger charge is -2.12. The minimum Gasteiger partial charge on any atom is -0.508 e. The minimum atomic E-state index is -0.610. The van der Waals surface area contributed by atoms with Crippen molar-refractivity contribution in [3.8, 4) is 11.5 Å². The lowest BCUT2D eigenvalue weighted by atomic mass is 10.1. The Morgan fingerprint density at radius 3 is 1.37 bits per heavy atom. The summed E-state index contributed by atoms with van der Waals surface area (Å²) in [5.74, 6) is -1.73. The van der Waals surface area contributed by atoms with Crippen LogP contribution in [0.5, 0.6) is 11.5 Å². The summed E-state index contributed by atoms with van der Waals surface area (Å²) in [6.45, 7) is 0. The third kappa shape index (κ3) is 6.29. The maximum absolute atomic E-state index is 13.0. The number of nitro benzene ring substituents is 1. The van der Waals surface area contributed by atoms with E-state index in [9.17, 15) is 34.7 Å². The fourth-order valence-corrected chi connectivity index (χ4v) is 3.40. The van der Waals surface area contributed by atoms with Gasteiger partial charge in [-0.25, -0.2) is 0 Å². The quantitative estimate of drug-likeness (QED) is 0.135. The van der Waals surface area contributed by atoms with Crippen molar-refractivity contribution < 1.29 is 29.5 Å². The molecule has 0 spiro atoms. The number of benzene rings is 4. The van der Waals surface area contributed by atoms with Gasteiger partial charge in [0.2, 0.25) is 0 Å². The molecule has 0 aliphatic carbocycles. The van der Waals surface area contributed by atoms with Gasteiger partial charge >= 0.3 is 0 Å². The second-order valence-corrected chi connectivity index (χ2v) is 8.06. The van der Waals surface area contributed by atoms with Crippen LogP contribution in [-0.4, -0.2) is 32.9 Å². The number of phenolic OH excluding ortho intramolecular Hbond substituents is 2. The highest BCUT2D eigenvalue weighted by molar-refractivity contribution is 6.11. The molecule has 0 aliphatic heterocycles. The van der Waals surface area contributed by atoms with Crippen LogP contribution in [0.1, 0.15) is 31.1 Å². The molecule has 38 heavy (non-hydrogen) atoms. The number of nitro groups is 1. The van der Waals surface area contributed by atoms with Crippen LogP contribution >= 0.6 is 0 Å². The van der Waals surface area contributed by atoms with Crippen LogP contribution in [0.4, 0.5) is 22.7 Å². The Bertz CT molecular complexity index is 1440. The molecule has 3 amide bonds. The maximum Gasteiger partial charge on any atom is 0.269 e. The summed E-state index contributed by atoms with van der Waals surface area (Å²) < 4.78 is 0. The summed E-state index contributed by atoms with van der Waals surface area (Å²) in [5, 5.41) is 37.7. The van der Waals surface area contributed by atoms with E-state index in [-0.39, 0.29) is 39.6 Å². The van der Waals surface area contributed by atoms with E-state index in [0.717, 1.165) is 0 Å². The molecule has 0 heterocycles. The van der Waals surface area contributed by atoms with Crippen LogP contribution in [0, 0.1) is 10.1 Å². The number of aromatic hydroxyl groups is 2. The minimum absolute atomic E-state index is 0.0205. The van der Waals surface area contributed by atoms with Gasteiger partial charge in [0.1, 0.15) is 11.5 Å². The highest BCUT2D eigenvalue weighted by Crippen LogP contribution is 2.22. The fraction of sp³-hybridized carbons (Fsp3) is 0. The van der Waals surface area contributed by atoms with E-state index in [1.54, 1.807) is 0 Å². The molecule has 11 heteroatoms. The molecule has 4 aromatic rings. The van der Waals surface area contributed by atoms with Gasteiger partial charge in [0.15, 0.2) is 0 Å². The van der Waals surface area contributed by atoms with Crippen molar-refractivity contribution in [2.75, 3.05) is 16.0 Å². The zero-order valence-corrected chi connectivity index (χ0v) is 19.5. The van der Waals surface area contributed by atoms with Gasteiger partial charge in [-0.15, -0.1) is 0 Å². The number of phenols is 2. The largest absolute Gasteiger partial charge is 0.508 e. The van der Waals surface area contributed by atoms with E-state index in [1.165, 1.54) is 91.0 Å². The molecule has 0 bridgehead atoms. The summed E-state index contributed by atoms with van der Waals surface area (Å²) in [7, 11) is 0. The van der Waals surface area contributed by atoms with Crippen molar-refractivity contribution in [2.45, 2.75) is 0 Å². The first-order valence-corrected chi connectivity index (χ1v) is 11.1. The summed E-state index contributed by atoms with van der Waals surface area (Å²) in [5.41, 5.74) is 0.965. The Morgan fingerprint density at radius 1 is 0.553 bits per heavy atom. The summed E-state index contributed by atoms with van der Waals surface area (Å²) in [6.07, 6.45) is 0. The van der Waals surface area contributed by atoms with Crippen LogP contribution in [0.3, 0.4) is 0 Å². The van der Waals surface area contributed by atoms with Gasteiger partial charge in [0.25, 0.3) is 23.4 Å². The number of carbonyl (C=O) groups excluding carboxylic acids is 3. The zero-order chi connectivity index (χ0) is 27.2. The van der Waals surface area contributed by atoms with Crippen LogP contribution in [0.25, 0.3) is 0 Å². The average molecular weight is 512 g/mol. The van der Waals surface area contributed by atoms with Crippen molar-refractivity contribution in [1.82, 2.24) is 0 Å². The highest BCUT2D eigenvalue weighted by atomic mass is 16.6. The molecule has 0 unspecified atom stereocenters.